The van der Waals surface area contributed by atoms with E-state index < -0.39 is 44.5 Å². The topological polar surface area (TPSA) is 166 Å². The maximum absolute atomic E-state index is 14.1. The van der Waals surface area contributed by atoms with Crippen LogP contribution < -0.4 is 16.7 Å². The van der Waals surface area contributed by atoms with Gasteiger partial charge in [0.1, 0.15) is 10.6 Å². The van der Waals surface area contributed by atoms with Gasteiger partial charge >= 0.3 is 0 Å². The summed E-state index contributed by atoms with van der Waals surface area (Å²) in [5.41, 5.74) is 5.34. The van der Waals surface area contributed by atoms with Gasteiger partial charge in [0.15, 0.2) is 16.1 Å². The van der Waals surface area contributed by atoms with E-state index in [2.05, 4.69) is 20.9 Å². The number of hydrazine groups is 1. The van der Waals surface area contributed by atoms with E-state index in [1.165, 1.54) is 6.08 Å². The minimum Gasteiger partial charge on any atom is -0.350 e. The van der Waals surface area contributed by atoms with Crippen LogP contribution in [-0.4, -0.2) is 54.1 Å². The Bertz CT molecular complexity index is 1210. The minimum atomic E-state index is -4.06. The number of nitrogens with zero attached hydrogens (tertiary/aromatic N) is 1. The van der Waals surface area contributed by atoms with Gasteiger partial charge in [-0.05, 0) is 37.2 Å². The molecule has 3 rings (SSSR count). The summed E-state index contributed by atoms with van der Waals surface area (Å²) in [5, 5.41) is 0. The van der Waals surface area contributed by atoms with Crippen molar-refractivity contribution in [2.45, 2.75) is 63.4 Å². The average Bonchev–Trinajstić information content (AvgIpc) is 3.46. The number of nitrogens with two attached hydrogens (primary N) is 1. The Hall–Kier alpha value is -3.06. The SMILES string of the molecule is CC(C)C[C@@H](C(=O)NN)[C@@H](C(=O)NOC1CCCCO1)C(/C=C/c1ccccc1)(CCc1ncc[nH]1)S(C)(=O)=O. The van der Waals surface area contributed by atoms with Crippen molar-refractivity contribution in [2.75, 3.05) is 12.9 Å². The molecule has 2 aromatic rings. The van der Waals surface area contributed by atoms with Gasteiger partial charge in [0.2, 0.25) is 11.8 Å². The number of hydrogen-bond donors (Lipinski definition) is 4. The first-order valence-electron chi connectivity index (χ1n) is 13.6. The Morgan fingerprint density at radius 3 is 2.58 bits per heavy atom. The van der Waals surface area contributed by atoms with Gasteiger partial charge in [0.25, 0.3) is 0 Å². The summed E-state index contributed by atoms with van der Waals surface area (Å²) >= 11 is 0. The number of rotatable bonds is 14. The first-order chi connectivity index (χ1) is 19.1. The monoisotopic (exact) mass is 575 g/mol. The highest BCUT2D eigenvalue weighted by Gasteiger charge is 2.54. The first kappa shape index (κ1) is 31.5. The summed E-state index contributed by atoms with van der Waals surface area (Å²) in [7, 11) is -4.06. The van der Waals surface area contributed by atoms with E-state index in [4.69, 9.17) is 15.4 Å². The van der Waals surface area contributed by atoms with Crippen LogP contribution in [0, 0.1) is 17.8 Å². The van der Waals surface area contributed by atoms with E-state index in [1.807, 2.05) is 44.2 Å². The van der Waals surface area contributed by atoms with Gasteiger partial charge in [-0.2, -0.15) is 0 Å². The summed E-state index contributed by atoms with van der Waals surface area (Å²) in [4.78, 5) is 40.2. The van der Waals surface area contributed by atoms with Crippen LogP contribution in [0.5, 0.6) is 0 Å². The van der Waals surface area contributed by atoms with Crippen LogP contribution in [0.1, 0.15) is 57.3 Å². The van der Waals surface area contributed by atoms with Gasteiger partial charge in [-0.3, -0.25) is 15.0 Å². The molecular weight excluding hydrogens is 534 g/mol. The highest BCUT2D eigenvalue weighted by molar-refractivity contribution is 7.92. The van der Waals surface area contributed by atoms with Crippen LogP contribution in [0.3, 0.4) is 0 Å². The first-order valence-corrected chi connectivity index (χ1v) is 15.5. The van der Waals surface area contributed by atoms with Crippen molar-refractivity contribution in [3.8, 4) is 0 Å². The molecule has 0 aliphatic carbocycles. The second-order valence-electron chi connectivity index (χ2n) is 10.6. The number of carbonyl (C=O) groups is 2. The molecule has 1 aliphatic rings. The fraction of sp³-hybridized carbons (Fsp3) is 0.536. The van der Waals surface area contributed by atoms with Crippen molar-refractivity contribution in [1.29, 1.82) is 0 Å². The van der Waals surface area contributed by atoms with Crippen LogP contribution >= 0.6 is 0 Å². The third-order valence-electron chi connectivity index (χ3n) is 7.20. The number of imidazole rings is 1. The number of aromatic amines is 1. The molecule has 0 spiro atoms. The normalized spacial score (nSPS) is 19.2. The number of aryl methyl sites for hydroxylation is 1. The smallest absolute Gasteiger partial charge is 0.249 e. The molecule has 5 N–H and O–H groups in total. The van der Waals surface area contributed by atoms with E-state index >= 15 is 0 Å². The molecular formula is C28H41N5O6S. The average molecular weight is 576 g/mol. The van der Waals surface area contributed by atoms with Gasteiger partial charge in [0.05, 0.1) is 11.8 Å². The number of benzene rings is 1. The summed E-state index contributed by atoms with van der Waals surface area (Å²) in [6.45, 7) is 4.28. The molecule has 220 valence electrons. The lowest BCUT2D eigenvalue weighted by molar-refractivity contribution is -0.203. The molecule has 1 saturated heterocycles. The van der Waals surface area contributed by atoms with Crippen molar-refractivity contribution < 1.29 is 27.6 Å². The Kier molecular flexibility index (Phi) is 11.4. The molecule has 1 aliphatic heterocycles. The molecule has 4 atom stereocenters. The predicted octanol–water partition coefficient (Wildman–Crippen LogP) is 2.68. The van der Waals surface area contributed by atoms with Crippen LogP contribution in [0.4, 0.5) is 0 Å². The standard InChI is InChI=1S/C28H41N5O6S/c1-20(2)19-22(26(34)32-29)25(27(35)33-39-24-11-7-8-18-38-24)28(40(3,36)37,15-13-23-30-16-17-31-23)14-12-21-9-5-4-6-10-21/h4-6,9-10,12,14,16-17,20,22,24-25H,7-8,11,13,15,18-19,29H2,1-3H3,(H,30,31)(H,32,34)(H,33,35)/b14-12+/t22-,24?,25+,28?/m1/s1. The zero-order chi connectivity index (χ0) is 29.2. The lowest BCUT2D eigenvalue weighted by atomic mass is 9.73. The Morgan fingerprint density at radius 1 is 1.25 bits per heavy atom. The number of hydroxylamine groups is 1. The number of ether oxygens (including phenoxy) is 1. The molecule has 0 radical (unpaired) electrons. The van der Waals surface area contributed by atoms with Crippen molar-refractivity contribution >= 4 is 27.7 Å². The van der Waals surface area contributed by atoms with Gasteiger partial charge in [0, 0.05) is 38.1 Å². The molecule has 12 heteroatoms. The van der Waals surface area contributed by atoms with E-state index in [0.717, 1.165) is 24.7 Å². The molecule has 1 aromatic carbocycles. The largest absolute Gasteiger partial charge is 0.350 e. The molecule has 1 aromatic heterocycles. The zero-order valence-corrected chi connectivity index (χ0v) is 24.2. The number of sulfone groups is 1. The fourth-order valence-corrected chi connectivity index (χ4v) is 6.70. The third kappa shape index (κ3) is 8.23. The maximum Gasteiger partial charge on any atom is 0.249 e. The third-order valence-corrected chi connectivity index (χ3v) is 9.17. The second kappa shape index (κ2) is 14.5. The van der Waals surface area contributed by atoms with Crippen LogP contribution in [-0.2, 0) is 35.4 Å². The Balaban J connectivity index is 2.16. The number of H-pyrrole nitrogens is 1. The van der Waals surface area contributed by atoms with Crippen molar-refractivity contribution in [3.63, 3.8) is 0 Å². The minimum absolute atomic E-state index is 0.0346. The van der Waals surface area contributed by atoms with Crippen molar-refractivity contribution in [3.05, 3.63) is 60.2 Å². The number of carbonyl (C=O) groups excluding carboxylic acids is 2. The highest BCUT2D eigenvalue weighted by Crippen LogP contribution is 2.41. The fourth-order valence-electron chi connectivity index (χ4n) is 5.18. The van der Waals surface area contributed by atoms with E-state index in [0.29, 0.717) is 18.9 Å². The highest BCUT2D eigenvalue weighted by atomic mass is 32.2. The van der Waals surface area contributed by atoms with Crippen molar-refractivity contribution in [2.24, 2.45) is 23.6 Å². The number of amides is 2. The molecule has 11 nitrogen and oxygen atoms in total. The molecule has 2 heterocycles. The molecule has 0 bridgehead atoms. The predicted molar refractivity (Wildman–Crippen MR) is 152 cm³/mol. The van der Waals surface area contributed by atoms with Gasteiger partial charge in [-0.15, -0.1) is 0 Å². The van der Waals surface area contributed by atoms with Crippen LogP contribution in [0.25, 0.3) is 6.08 Å². The number of hydrogen-bond acceptors (Lipinski definition) is 8. The maximum atomic E-state index is 14.1. The second-order valence-corrected chi connectivity index (χ2v) is 12.9. The summed E-state index contributed by atoms with van der Waals surface area (Å²) < 4.78 is 31.5. The number of aromatic nitrogens is 2. The lowest BCUT2D eigenvalue weighted by Gasteiger charge is -2.40. The van der Waals surface area contributed by atoms with Gasteiger partial charge < -0.3 is 9.72 Å². The zero-order valence-electron chi connectivity index (χ0n) is 23.3. The van der Waals surface area contributed by atoms with Crippen molar-refractivity contribution in [1.82, 2.24) is 20.9 Å². The molecule has 2 unspecified atom stereocenters. The molecule has 0 saturated carbocycles. The quantitative estimate of drug-likeness (QED) is 0.152. The summed E-state index contributed by atoms with van der Waals surface area (Å²) in [6, 6.07) is 9.16. The molecule has 40 heavy (non-hydrogen) atoms. The summed E-state index contributed by atoms with van der Waals surface area (Å²) in [5.74, 6) is 2.21. The van der Waals surface area contributed by atoms with E-state index in [1.54, 1.807) is 18.5 Å². The van der Waals surface area contributed by atoms with E-state index in [9.17, 15) is 18.0 Å². The van der Waals surface area contributed by atoms with Gasteiger partial charge in [-0.1, -0.05) is 56.3 Å². The molecule has 1 fully saturated rings. The Labute approximate surface area is 236 Å². The van der Waals surface area contributed by atoms with Crippen LogP contribution in [0.15, 0.2) is 48.8 Å². The molecule has 2 amide bonds. The van der Waals surface area contributed by atoms with E-state index in [-0.39, 0.29) is 25.2 Å². The van der Waals surface area contributed by atoms with Gasteiger partial charge in [-0.25, -0.2) is 29.6 Å². The number of nitrogens with one attached hydrogen (secondary N) is 3. The summed E-state index contributed by atoms with van der Waals surface area (Å²) in [6.07, 6.45) is 9.53. The Morgan fingerprint density at radius 2 is 2.00 bits per heavy atom. The lowest BCUT2D eigenvalue weighted by Crippen LogP contribution is -2.57. The van der Waals surface area contributed by atoms with Crippen LogP contribution in [0.2, 0.25) is 0 Å².